The minimum Gasteiger partial charge on any atom is -0.398 e. The first-order chi connectivity index (χ1) is 11.2. The van der Waals surface area contributed by atoms with Gasteiger partial charge in [-0.25, -0.2) is 4.98 Å². The lowest BCUT2D eigenvalue weighted by molar-refractivity contribution is 0.0302. The van der Waals surface area contributed by atoms with Gasteiger partial charge in [0.2, 0.25) is 0 Å². The van der Waals surface area contributed by atoms with Crippen LogP contribution in [0, 0.1) is 5.41 Å². The average molecular weight is 308 g/mol. The predicted molar refractivity (Wildman–Crippen MR) is 91.1 cm³/mol. The molecule has 0 amide bonds. The molecule has 2 atom stereocenters. The van der Waals surface area contributed by atoms with Crippen molar-refractivity contribution < 1.29 is 4.74 Å². The van der Waals surface area contributed by atoms with Crippen molar-refractivity contribution in [3.63, 3.8) is 0 Å². The minimum atomic E-state index is 0.323. The Hall–Kier alpha value is -2.40. The Balaban J connectivity index is 1.61. The van der Waals surface area contributed by atoms with Gasteiger partial charge in [-0.15, -0.1) is 0 Å². The van der Waals surface area contributed by atoms with Gasteiger partial charge in [0.25, 0.3) is 0 Å². The molecule has 0 aliphatic carbocycles. The Morgan fingerprint density at radius 1 is 1.17 bits per heavy atom. The summed E-state index contributed by atoms with van der Waals surface area (Å²) in [7, 11) is 0. The van der Waals surface area contributed by atoms with Crippen LogP contribution in [0.25, 0.3) is 0 Å². The first kappa shape index (κ1) is 14.2. The zero-order chi connectivity index (χ0) is 15.8. The second-order valence-electron chi connectivity index (χ2n) is 6.23. The van der Waals surface area contributed by atoms with Crippen molar-refractivity contribution in [1.29, 1.82) is 5.41 Å². The highest BCUT2D eigenvalue weighted by molar-refractivity contribution is 6.14. The number of nitrogens with zero attached hydrogens (tertiary/aromatic N) is 2. The Bertz CT molecular complexity index is 733. The number of hydrogen-bond donors (Lipinski definition) is 2. The van der Waals surface area contributed by atoms with E-state index in [1.165, 1.54) is 0 Å². The molecule has 2 aliphatic rings. The fourth-order valence-corrected chi connectivity index (χ4v) is 3.43. The third kappa shape index (κ3) is 2.68. The monoisotopic (exact) mass is 308 g/mol. The zero-order valence-corrected chi connectivity index (χ0v) is 12.9. The van der Waals surface area contributed by atoms with E-state index >= 15 is 0 Å². The summed E-state index contributed by atoms with van der Waals surface area (Å²) in [5, 5.41) is 8.46. The molecule has 2 unspecified atom stereocenters. The number of benzene rings is 1. The van der Waals surface area contributed by atoms with Crippen molar-refractivity contribution in [3.05, 3.63) is 53.7 Å². The van der Waals surface area contributed by atoms with Crippen molar-refractivity contribution in [3.8, 4) is 0 Å². The van der Waals surface area contributed by atoms with Crippen LogP contribution >= 0.6 is 0 Å². The first-order valence-corrected chi connectivity index (χ1v) is 8.01. The number of fused-ring (bicyclic) bond motifs is 2. The number of aromatic nitrogens is 1. The van der Waals surface area contributed by atoms with E-state index in [1.807, 2.05) is 36.4 Å². The fraction of sp³-hybridized carbons (Fsp3) is 0.333. The van der Waals surface area contributed by atoms with Gasteiger partial charge >= 0.3 is 0 Å². The third-order valence-electron chi connectivity index (χ3n) is 4.63. The zero-order valence-electron chi connectivity index (χ0n) is 12.9. The summed E-state index contributed by atoms with van der Waals surface area (Å²) in [4.78, 5) is 6.78. The highest BCUT2D eigenvalue weighted by Gasteiger charge is 2.34. The summed E-state index contributed by atoms with van der Waals surface area (Å²) in [6, 6.07) is 11.3. The van der Waals surface area contributed by atoms with Gasteiger partial charge in [-0.2, -0.15) is 0 Å². The lowest BCUT2D eigenvalue weighted by Gasteiger charge is -2.33. The first-order valence-electron chi connectivity index (χ1n) is 8.01. The number of morpholine rings is 1. The highest BCUT2D eigenvalue weighted by atomic mass is 16.5. The number of ether oxygens (including phenoxy) is 1. The normalized spacial score (nSPS) is 23.0. The van der Waals surface area contributed by atoms with E-state index in [-0.39, 0.29) is 0 Å². The smallest absolute Gasteiger partial charge is 0.129 e. The summed E-state index contributed by atoms with van der Waals surface area (Å²) in [6.45, 7) is 1.77. The molecule has 2 aromatic rings. The molecule has 118 valence electrons. The van der Waals surface area contributed by atoms with E-state index in [1.54, 1.807) is 6.20 Å². The van der Waals surface area contributed by atoms with Gasteiger partial charge < -0.3 is 15.4 Å². The van der Waals surface area contributed by atoms with Gasteiger partial charge in [0.1, 0.15) is 5.82 Å². The van der Waals surface area contributed by atoms with Gasteiger partial charge in [-0.05, 0) is 31.0 Å². The van der Waals surface area contributed by atoms with Gasteiger partial charge in [0.15, 0.2) is 0 Å². The molecule has 0 spiro atoms. The molecule has 1 aromatic heterocycles. The number of pyridine rings is 1. The van der Waals surface area contributed by atoms with Gasteiger partial charge in [-0.3, -0.25) is 5.41 Å². The van der Waals surface area contributed by atoms with Crippen LogP contribution in [0.4, 0.5) is 11.5 Å². The predicted octanol–water partition coefficient (Wildman–Crippen LogP) is 2.45. The Kier molecular flexibility index (Phi) is 3.50. The maximum atomic E-state index is 8.46. The van der Waals surface area contributed by atoms with Crippen LogP contribution in [0.3, 0.4) is 0 Å². The number of para-hydroxylation sites is 1. The number of hydrogen-bond acceptors (Lipinski definition) is 5. The van der Waals surface area contributed by atoms with Crippen LogP contribution in [-0.2, 0) is 4.74 Å². The molecule has 2 aliphatic heterocycles. The molecule has 0 saturated carbocycles. The van der Waals surface area contributed by atoms with Crippen LogP contribution < -0.4 is 10.6 Å². The molecule has 2 bridgehead atoms. The standard InChI is InChI=1S/C18H20N4O/c19-16-4-2-1-3-15(16)18(20)12-7-8-21-17(9-12)22-10-13-5-6-14(11-22)23-13/h1-4,7-9,13-14,20H,5-6,10-11,19H2. The van der Waals surface area contributed by atoms with E-state index in [0.29, 0.717) is 23.6 Å². The van der Waals surface area contributed by atoms with Gasteiger partial charge in [0, 0.05) is 36.1 Å². The lowest BCUT2D eigenvalue weighted by Crippen LogP contribution is -2.43. The van der Waals surface area contributed by atoms with Crippen LogP contribution in [0.1, 0.15) is 24.0 Å². The maximum Gasteiger partial charge on any atom is 0.129 e. The molecule has 3 heterocycles. The molecule has 4 rings (SSSR count). The van der Waals surface area contributed by atoms with E-state index in [2.05, 4.69) is 9.88 Å². The van der Waals surface area contributed by atoms with Crippen LogP contribution in [0.5, 0.6) is 0 Å². The molecule has 0 radical (unpaired) electrons. The summed E-state index contributed by atoms with van der Waals surface area (Å²) in [5.74, 6) is 0.918. The van der Waals surface area contributed by atoms with Gasteiger partial charge in [-0.1, -0.05) is 18.2 Å². The second-order valence-corrected chi connectivity index (χ2v) is 6.23. The summed E-state index contributed by atoms with van der Waals surface area (Å²) >= 11 is 0. The van der Waals surface area contributed by atoms with E-state index < -0.39 is 0 Å². The summed E-state index contributed by atoms with van der Waals surface area (Å²) in [5.41, 5.74) is 8.66. The molecular weight excluding hydrogens is 288 g/mol. The maximum absolute atomic E-state index is 8.46. The minimum absolute atomic E-state index is 0.323. The van der Waals surface area contributed by atoms with Crippen molar-refractivity contribution >= 4 is 17.2 Å². The highest BCUT2D eigenvalue weighted by Crippen LogP contribution is 2.29. The molecule has 1 aromatic carbocycles. The Labute approximate surface area is 135 Å². The molecule has 3 N–H and O–H groups in total. The molecule has 2 saturated heterocycles. The number of nitrogen functional groups attached to an aromatic ring is 1. The van der Waals surface area contributed by atoms with E-state index in [4.69, 9.17) is 15.9 Å². The SMILES string of the molecule is N=C(c1ccnc(N2CC3CCC(C2)O3)c1)c1ccccc1N. The topological polar surface area (TPSA) is 75.2 Å². The quantitative estimate of drug-likeness (QED) is 0.674. The third-order valence-corrected chi connectivity index (χ3v) is 4.63. The van der Waals surface area contributed by atoms with Crippen molar-refractivity contribution in [1.82, 2.24) is 4.98 Å². The average Bonchev–Trinajstić information content (AvgIpc) is 2.93. The molecular formula is C18H20N4O. The Morgan fingerprint density at radius 2 is 1.91 bits per heavy atom. The van der Waals surface area contributed by atoms with Crippen LogP contribution in [0.15, 0.2) is 42.6 Å². The largest absolute Gasteiger partial charge is 0.398 e. The molecule has 5 nitrogen and oxygen atoms in total. The van der Waals surface area contributed by atoms with Crippen molar-refractivity contribution in [2.75, 3.05) is 23.7 Å². The lowest BCUT2D eigenvalue weighted by atomic mass is 10.0. The number of rotatable bonds is 3. The van der Waals surface area contributed by atoms with E-state index in [9.17, 15) is 0 Å². The van der Waals surface area contributed by atoms with E-state index in [0.717, 1.165) is 42.9 Å². The van der Waals surface area contributed by atoms with Crippen LogP contribution in [-0.4, -0.2) is 36.0 Å². The number of anilines is 2. The summed E-state index contributed by atoms with van der Waals surface area (Å²) in [6.07, 6.45) is 4.69. The van der Waals surface area contributed by atoms with Crippen molar-refractivity contribution in [2.45, 2.75) is 25.0 Å². The molecule has 23 heavy (non-hydrogen) atoms. The van der Waals surface area contributed by atoms with Crippen molar-refractivity contribution in [2.24, 2.45) is 0 Å². The number of nitrogens with two attached hydrogens (primary N) is 1. The molecule has 2 fully saturated rings. The Morgan fingerprint density at radius 3 is 2.65 bits per heavy atom. The van der Waals surface area contributed by atoms with Gasteiger partial charge in [0.05, 0.1) is 17.9 Å². The molecule has 5 heteroatoms. The fourth-order valence-electron chi connectivity index (χ4n) is 3.43. The van der Waals surface area contributed by atoms with Crippen LogP contribution in [0.2, 0.25) is 0 Å². The summed E-state index contributed by atoms with van der Waals surface area (Å²) < 4.78 is 5.88. The number of nitrogens with one attached hydrogen (secondary N) is 1. The second kappa shape index (κ2) is 5.66.